The number of rotatable bonds is 3. The van der Waals surface area contributed by atoms with Crippen LogP contribution in [0.3, 0.4) is 0 Å². The molecule has 0 spiro atoms. The Labute approximate surface area is 155 Å². The van der Waals surface area contributed by atoms with E-state index < -0.39 is 5.97 Å². The standard InChI is InChI=1S/C20H18N4O3/c1-12-7-9-17(23-22-14-5-3-2-4-6-14)18-21-16-10-8-13(20(26)27)11-15(16)19(25)24(12)18/h2-6,8,10-12,22H,7,9H2,1H3,(H,26,27). The van der Waals surface area contributed by atoms with E-state index in [0.717, 1.165) is 12.1 Å². The molecule has 2 aromatic carbocycles. The van der Waals surface area contributed by atoms with Gasteiger partial charge in [-0.1, -0.05) is 18.2 Å². The van der Waals surface area contributed by atoms with E-state index in [2.05, 4.69) is 15.5 Å². The summed E-state index contributed by atoms with van der Waals surface area (Å²) in [5.74, 6) is -0.542. The summed E-state index contributed by atoms with van der Waals surface area (Å²) in [5, 5.41) is 14.0. The average Bonchev–Trinajstić information content (AvgIpc) is 2.68. The van der Waals surface area contributed by atoms with Crippen LogP contribution < -0.4 is 11.0 Å². The third-order valence-electron chi connectivity index (χ3n) is 4.74. The minimum atomic E-state index is -1.07. The number of anilines is 1. The molecule has 27 heavy (non-hydrogen) atoms. The van der Waals surface area contributed by atoms with Crippen molar-refractivity contribution in [2.75, 3.05) is 5.43 Å². The first kappa shape index (κ1) is 17.0. The van der Waals surface area contributed by atoms with Crippen molar-refractivity contribution < 1.29 is 9.90 Å². The summed E-state index contributed by atoms with van der Waals surface area (Å²) in [7, 11) is 0. The molecule has 0 aliphatic carbocycles. The summed E-state index contributed by atoms with van der Waals surface area (Å²) < 4.78 is 1.61. The van der Waals surface area contributed by atoms with Gasteiger partial charge in [0.1, 0.15) is 5.71 Å². The zero-order chi connectivity index (χ0) is 19.0. The molecule has 7 heteroatoms. The van der Waals surface area contributed by atoms with E-state index in [1.807, 2.05) is 37.3 Å². The van der Waals surface area contributed by atoms with Gasteiger partial charge < -0.3 is 5.11 Å². The maximum atomic E-state index is 13.0. The Morgan fingerprint density at radius 1 is 1.26 bits per heavy atom. The maximum absolute atomic E-state index is 13.0. The minimum absolute atomic E-state index is 0.0337. The van der Waals surface area contributed by atoms with Gasteiger partial charge in [0.25, 0.3) is 5.56 Å². The molecule has 0 amide bonds. The normalized spacial score (nSPS) is 17.7. The number of carboxylic acid groups (broad SMARTS) is 1. The van der Waals surface area contributed by atoms with E-state index in [1.54, 1.807) is 10.6 Å². The van der Waals surface area contributed by atoms with Gasteiger partial charge in [0.05, 0.1) is 22.2 Å². The average molecular weight is 362 g/mol. The third kappa shape index (κ3) is 3.08. The lowest BCUT2D eigenvalue weighted by Crippen LogP contribution is -2.34. The van der Waals surface area contributed by atoms with E-state index in [1.165, 1.54) is 12.1 Å². The molecular formula is C20H18N4O3. The highest BCUT2D eigenvalue weighted by atomic mass is 16.4. The van der Waals surface area contributed by atoms with E-state index in [-0.39, 0.29) is 17.2 Å². The fourth-order valence-corrected chi connectivity index (χ4v) is 3.28. The Morgan fingerprint density at radius 3 is 2.78 bits per heavy atom. The Hall–Kier alpha value is -3.48. The van der Waals surface area contributed by atoms with Crippen LogP contribution in [0.15, 0.2) is 58.4 Å². The number of para-hydroxylation sites is 1. The van der Waals surface area contributed by atoms with Crippen LogP contribution in [0.25, 0.3) is 10.9 Å². The topological polar surface area (TPSA) is 96.6 Å². The molecule has 1 aromatic heterocycles. The number of nitrogens with one attached hydrogen (secondary N) is 1. The molecule has 0 fully saturated rings. The van der Waals surface area contributed by atoms with Crippen LogP contribution >= 0.6 is 0 Å². The fourth-order valence-electron chi connectivity index (χ4n) is 3.28. The third-order valence-corrected chi connectivity index (χ3v) is 4.74. The van der Waals surface area contributed by atoms with Gasteiger partial charge in [-0.3, -0.25) is 14.8 Å². The molecule has 0 bridgehead atoms. The molecule has 0 saturated heterocycles. The Kier molecular flexibility index (Phi) is 4.19. The molecule has 1 aliphatic rings. The highest BCUT2D eigenvalue weighted by molar-refractivity contribution is 6.00. The maximum Gasteiger partial charge on any atom is 0.335 e. The molecule has 136 valence electrons. The smallest absolute Gasteiger partial charge is 0.335 e. The molecule has 1 aliphatic heterocycles. The van der Waals surface area contributed by atoms with Gasteiger partial charge in [0, 0.05) is 6.04 Å². The number of aromatic carboxylic acids is 1. The molecule has 2 heterocycles. The lowest BCUT2D eigenvalue weighted by atomic mass is 10.0. The first-order valence-electron chi connectivity index (χ1n) is 8.72. The molecule has 0 radical (unpaired) electrons. The first-order chi connectivity index (χ1) is 13.0. The Bertz CT molecular complexity index is 1120. The summed E-state index contributed by atoms with van der Waals surface area (Å²) in [5.41, 5.74) is 4.88. The SMILES string of the molecule is CC1CCC(=NNc2ccccc2)c2nc3ccc(C(=O)O)cc3c(=O)n21. The number of aromatic nitrogens is 2. The zero-order valence-corrected chi connectivity index (χ0v) is 14.7. The molecule has 0 saturated carbocycles. The zero-order valence-electron chi connectivity index (χ0n) is 14.7. The lowest BCUT2D eigenvalue weighted by molar-refractivity contribution is 0.0697. The highest BCUT2D eigenvalue weighted by Gasteiger charge is 2.25. The van der Waals surface area contributed by atoms with Crippen molar-refractivity contribution in [1.82, 2.24) is 9.55 Å². The molecule has 1 atom stereocenters. The molecular weight excluding hydrogens is 344 g/mol. The first-order valence-corrected chi connectivity index (χ1v) is 8.72. The predicted octanol–water partition coefficient (Wildman–Crippen LogP) is 3.27. The van der Waals surface area contributed by atoms with Gasteiger partial charge in [0.15, 0.2) is 5.82 Å². The molecule has 7 nitrogen and oxygen atoms in total. The largest absolute Gasteiger partial charge is 0.478 e. The van der Waals surface area contributed by atoms with Crippen molar-refractivity contribution in [3.63, 3.8) is 0 Å². The van der Waals surface area contributed by atoms with Crippen LogP contribution in [0.5, 0.6) is 0 Å². The van der Waals surface area contributed by atoms with Crippen LogP contribution in [-0.2, 0) is 0 Å². The summed E-state index contributed by atoms with van der Waals surface area (Å²) in [6, 6.07) is 13.9. The van der Waals surface area contributed by atoms with E-state index in [4.69, 9.17) is 0 Å². The summed E-state index contributed by atoms with van der Waals surface area (Å²) in [6.07, 6.45) is 1.46. The number of hydrogen-bond acceptors (Lipinski definition) is 5. The lowest BCUT2D eigenvalue weighted by Gasteiger charge is -2.25. The number of carbonyl (C=O) groups is 1. The van der Waals surface area contributed by atoms with Crippen molar-refractivity contribution in [2.45, 2.75) is 25.8 Å². The van der Waals surface area contributed by atoms with Gasteiger partial charge in [-0.15, -0.1) is 0 Å². The van der Waals surface area contributed by atoms with Gasteiger partial charge in [-0.05, 0) is 50.1 Å². The van der Waals surface area contributed by atoms with Gasteiger partial charge in [0.2, 0.25) is 0 Å². The number of nitrogens with zero attached hydrogens (tertiary/aromatic N) is 3. The van der Waals surface area contributed by atoms with Gasteiger partial charge in [-0.25, -0.2) is 9.78 Å². The summed E-state index contributed by atoms with van der Waals surface area (Å²) in [6.45, 7) is 1.96. The second-order valence-electron chi connectivity index (χ2n) is 6.57. The monoisotopic (exact) mass is 362 g/mol. The quantitative estimate of drug-likeness (QED) is 0.697. The van der Waals surface area contributed by atoms with E-state index >= 15 is 0 Å². The van der Waals surface area contributed by atoms with Crippen molar-refractivity contribution in [1.29, 1.82) is 0 Å². The van der Waals surface area contributed by atoms with Crippen molar-refractivity contribution in [2.24, 2.45) is 5.10 Å². The molecule has 1 unspecified atom stereocenters. The van der Waals surface area contributed by atoms with Crippen molar-refractivity contribution in [3.05, 3.63) is 70.3 Å². The summed E-state index contributed by atoms with van der Waals surface area (Å²) >= 11 is 0. The highest BCUT2D eigenvalue weighted by Crippen LogP contribution is 2.24. The number of carboxylic acids is 1. The number of hydrazone groups is 1. The van der Waals surface area contributed by atoms with Gasteiger partial charge >= 0.3 is 5.97 Å². The molecule has 4 rings (SSSR count). The van der Waals surface area contributed by atoms with E-state index in [0.29, 0.717) is 28.9 Å². The minimum Gasteiger partial charge on any atom is -0.478 e. The van der Waals surface area contributed by atoms with E-state index in [9.17, 15) is 14.7 Å². The van der Waals surface area contributed by atoms with Crippen LogP contribution in [0, 0.1) is 0 Å². The second-order valence-corrected chi connectivity index (χ2v) is 6.57. The number of hydrogen-bond donors (Lipinski definition) is 2. The van der Waals surface area contributed by atoms with Crippen LogP contribution in [-0.4, -0.2) is 26.3 Å². The predicted molar refractivity (Wildman–Crippen MR) is 104 cm³/mol. The van der Waals surface area contributed by atoms with Crippen LogP contribution in [0.1, 0.15) is 42.0 Å². The summed E-state index contributed by atoms with van der Waals surface area (Å²) in [4.78, 5) is 28.9. The van der Waals surface area contributed by atoms with Crippen LogP contribution in [0.2, 0.25) is 0 Å². The van der Waals surface area contributed by atoms with Gasteiger partial charge in [-0.2, -0.15) is 5.10 Å². The van der Waals surface area contributed by atoms with Crippen LogP contribution in [0.4, 0.5) is 5.69 Å². The van der Waals surface area contributed by atoms with Crippen molar-refractivity contribution in [3.8, 4) is 0 Å². The van der Waals surface area contributed by atoms with Crippen molar-refractivity contribution >= 4 is 28.3 Å². The Morgan fingerprint density at radius 2 is 2.04 bits per heavy atom. The Balaban J connectivity index is 1.85. The fraction of sp³-hybridized carbons (Fsp3) is 0.200. The molecule has 3 aromatic rings. The number of benzene rings is 2. The second kappa shape index (κ2) is 6.68. The number of fused-ring (bicyclic) bond motifs is 2. The molecule has 2 N–H and O–H groups in total.